The Morgan fingerprint density at radius 2 is 2.07 bits per heavy atom. The lowest BCUT2D eigenvalue weighted by atomic mass is 9.97. The number of likely N-dealkylation sites (tertiary alicyclic amines) is 1. The Balaban J connectivity index is 1.40. The Labute approximate surface area is 164 Å². The summed E-state index contributed by atoms with van der Waals surface area (Å²) < 4.78 is 21.3. The molecular formula is C20H26FN5O2. The van der Waals surface area contributed by atoms with E-state index in [1.54, 1.807) is 17.0 Å². The van der Waals surface area contributed by atoms with Crippen LogP contribution < -0.4 is 4.74 Å². The van der Waals surface area contributed by atoms with Gasteiger partial charge in [0.25, 0.3) is 5.91 Å². The zero-order valence-corrected chi connectivity index (χ0v) is 16.2. The quantitative estimate of drug-likeness (QED) is 0.799. The van der Waals surface area contributed by atoms with Crippen LogP contribution in [0.15, 0.2) is 24.3 Å². The van der Waals surface area contributed by atoms with E-state index < -0.39 is 5.82 Å². The van der Waals surface area contributed by atoms with E-state index in [4.69, 9.17) is 4.74 Å². The van der Waals surface area contributed by atoms with Crippen molar-refractivity contribution in [1.29, 1.82) is 0 Å². The number of hydrogen-bond donors (Lipinski definition) is 0. The van der Waals surface area contributed by atoms with Crippen molar-refractivity contribution >= 4 is 5.91 Å². The first-order chi connectivity index (χ1) is 13.6. The topological polar surface area (TPSA) is 63.5 Å². The monoisotopic (exact) mass is 387 g/mol. The minimum absolute atomic E-state index is 0.108. The molecule has 1 amide bonds. The van der Waals surface area contributed by atoms with Crippen LogP contribution in [-0.2, 0) is 17.8 Å². The number of carbonyl (C=O) groups is 1. The van der Waals surface area contributed by atoms with Gasteiger partial charge in [-0.25, -0.2) is 4.39 Å². The first kappa shape index (κ1) is 18.9. The molecule has 0 radical (unpaired) electrons. The van der Waals surface area contributed by atoms with Crippen LogP contribution in [0.25, 0.3) is 0 Å². The van der Waals surface area contributed by atoms with E-state index in [0.717, 1.165) is 50.5 Å². The number of hydrogen-bond acceptors (Lipinski definition) is 5. The molecule has 0 unspecified atom stereocenters. The molecule has 2 aromatic rings. The third-order valence-electron chi connectivity index (χ3n) is 5.61. The minimum Gasteiger partial charge on any atom is -0.481 e. The zero-order valence-electron chi connectivity index (χ0n) is 16.2. The SMILES string of the molecule is CN1CCc2nnc([C@H]3CCCN(C(=O)COc4ccccc4F)C3)n2CC1. The summed E-state index contributed by atoms with van der Waals surface area (Å²) in [6, 6.07) is 6.14. The normalized spacial score (nSPS) is 20.5. The van der Waals surface area contributed by atoms with Crippen molar-refractivity contribution in [1.82, 2.24) is 24.6 Å². The van der Waals surface area contributed by atoms with E-state index in [1.807, 2.05) is 0 Å². The maximum Gasteiger partial charge on any atom is 0.260 e. The van der Waals surface area contributed by atoms with Gasteiger partial charge in [-0.15, -0.1) is 10.2 Å². The van der Waals surface area contributed by atoms with Gasteiger partial charge in [0, 0.05) is 45.1 Å². The van der Waals surface area contributed by atoms with Crippen LogP contribution >= 0.6 is 0 Å². The summed E-state index contributed by atoms with van der Waals surface area (Å²) >= 11 is 0. The predicted molar refractivity (Wildman–Crippen MR) is 102 cm³/mol. The second-order valence-electron chi connectivity index (χ2n) is 7.58. The summed E-state index contributed by atoms with van der Waals surface area (Å²) in [4.78, 5) is 16.7. The molecule has 28 heavy (non-hydrogen) atoms. The number of fused-ring (bicyclic) bond motifs is 1. The number of piperidine rings is 1. The predicted octanol–water partition coefficient (Wildman–Crippen LogP) is 1.69. The molecule has 3 heterocycles. The van der Waals surface area contributed by atoms with Crippen LogP contribution in [0.3, 0.4) is 0 Å². The number of likely N-dealkylation sites (N-methyl/N-ethyl adjacent to an activating group) is 1. The molecule has 0 aliphatic carbocycles. The Morgan fingerprint density at radius 1 is 1.21 bits per heavy atom. The molecular weight excluding hydrogens is 361 g/mol. The van der Waals surface area contributed by atoms with Crippen molar-refractivity contribution in [3.05, 3.63) is 41.7 Å². The van der Waals surface area contributed by atoms with Gasteiger partial charge >= 0.3 is 0 Å². The molecule has 150 valence electrons. The van der Waals surface area contributed by atoms with Gasteiger partial charge in [-0.1, -0.05) is 12.1 Å². The number of rotatable bonds is 4. The molecule has 7 nitrogen and oxygen atoms in total. The summed E-state index contributed by atoms with van der Waals surface area (Å²) in [5.74, 6) is 1.72. The second-order valence-corrected chi connectivity index (χ2v) is 7.58. The number of ether oxygens (including phenoxy) is 1. The highest BCUT2D eigenvalue weighted by Gasteiger charge is 2.30. The molecule has 8 heteroatoms. The molecule has 0 N–H and O–H groups in total. The van der Waals surface area contributed by atoms with Gasteiger partial charge in [-0.3, -0.25) is 4.79 Å². The minimum atomic E-state index is -0.456. The molecule has 1 atom stereocenters. The maximum absolute atomic E-state index is 13.7. The van der Waals surface area contributed by atoms with Crippen molar-refractivity contribution in [3.63, 3.8) is 0 Å². The Kier molecular flexibility index (Phi) is 5.57. The maximum atomic E-state index is 13.7. The number of carbonyl (C=O) groups excluding carboxylic acids is 1. The smallest absolute Gasteiger partial charge is 0.260 e. The fraction of sp³-hybridized carbons (Fsp3) is 0.550. The van der Waals surface area contributed by atoms with Crippen LogP contribution in [0.2, 0.25) is 0 Å². The van der Waals surface area contributed by atoms with Crippen molar-refractivity contribution in [2.45, 2.75) is 31.7 Å². The van der Waals surface area contributed by atoms with E-state index in [2.05, 4.69) is 26.7 Å². The first-order valence-corrected chi connectivity index (χ1v) is 9.87. The second kappa shape index (κ2) is 8.26. The molecule has 1 saturated heterocycles. The standard InChI is InChI=1S/C20H26FN5O2/c1-24-10-8-18-22-23-20(26(18)12-11-24)15-5-4-9-25(13-15)19(27)14-28-17-7-3-2-6-16(17)21/h2-3,6-7,15H,4-5,8-14H2,1H3/t15-/m0/s1. The van der Waals surface area contributed by atoms with Crippen LogP contribution in [0.1, 0.15) is 30.4 Å². The number of amides is 1. The zero-order chi connectivity index (χ0) is 19.5. The summed E-state index contributed by atoms with van der Waals surface area (Å²) in [6.45, 7) is 3.99. The van der Waals surface area contributed by atoms with Crippen molar-refractivity contribution in [3.8, 4) is 5.75 Å². The Bertz CT molecular complexity index is 840. The third-order valence-corrected chi connectivity index (χ3v) is 5.61. The van der Waals surface area contributed by atoms with Gasteiger partial charge in [-0.05, 0) is 32.0 Å². The third kappa shape index (κ3) is 4.01. The van der Waals surface area contributed by atoms with Gasteiger partial charge in [0.05, 0.1) is 0 Å². The number of nitrogens with zero attached hydrogens (tertiary/aromatic N) is 5. The van der Waals surface area contributed by atoms with Gasteiger partial charge in [-0.2, -0.15) is 0 Å². The van der Waals surface area contributed by atoms with E-state index in [-0.39, 0.29) is 24.2 Å². The van der Waals surface area contributed by atoms with Crippen LogP contribution in [0.5, 0.6) is 5.75 Å². The van der Waals surface area contributed by atoms with Crippen LogP contribution in [0, 0.1) is 5.82 Å². The first-order valence-electron chi connectivity index (χ1n) is 9.87. The largest absolute Gasteiger partial charge is 0.481 e. The molecule has 4 rings (SSSR count). The molecule has 2 aliphatic heterocycles. The number of benzene rings is 1. The number of aromatic nitrogens is 3. The summed E-state index contributed by atoms with van der Waals surface area (Å²) in [5, 5.41) is 8.86. The molecule has 0 bridgehead atoms. The average molecular weight is 387 g/mol. The lowest BCUT2D eigenvalue weighted by Crippen LogP contribution is -2.42. The van der Waals surface area contributed by atoms with Gasteiger partial charge in [0.15, 0.2) is 18.2 Å². The van der Waals surface area contributed by atoms with Crippen LogP contribution in [-0.4, -0.2) is 70.3 Å². The average Bonchev–Trinajstić information content (AvgIpc) is 3.03. The van der Waals surface area contributed by atoms with Crippen LogP contribution in [0.4, 0.5) is 4.39 Å². The lowest BCUT2D eigenvalue weighted by Gasteiger charge is -2.32. The molecule has 0 spiro atoms. The molecule has 1 aromatic carbocycles. The Morgan fingerprint density at radius 3 is 2.93 bits per heavy atom. The molecule has 0 saturated carbocycles. The van der Waals surface area contributed by atoms with E-state index in [9.17, 15) is 9.18 Å². The highest BCUT2D eigenvalue weighted by molar-refractivity contribution is 5.78. The highest BCUT2D eigenvalue weighted by atomic mass is 19.1. The number of para-hydroxylation sites is 1. The van der Waals surface area contributed by atoms with Crippen molar-refractivity contribution in [2.24, 2.45) is 0 Å². The van der Waals surface area contributed by atoms with Crippen molar-refractivity contribution < 1.29 is 13.9 Å². The van der Waals surface area contributed by atoms with E-state index >= 15 is 0 Å². The van der Waals surface area contributed by atoms with Gasteiger partial charge in [0.1, 0.15) is 11.6 Å². The summed E-state index contributed by atoms with van der Waals surface area (Å²) in [6.07, 6.45) is 2.81. The number of halogens is 1. The fourth-order valence-corrected chi connectivity index (χ4v) is 3.96. The molecule has 1 fully saturated rings. The van der Waals surface area contributed by atoms with Gasteiger partial charge < -0.3 is 19.1 Å². The molecule has 1 aromatic heterocycles. The van der Waals surface area contributed by atoms with Crippen molar-refractivity contribution in [2.75, 3.05) is 39.8 Å². The van der Waals surface area contributed by atoms with E-state index in [1.165, 1.54) is 12.1 Å². The fourth-order valence-electron chi connectivity index (χ4n) is 3.96. The highest BCUT2D eigenvalue weighted by Crippen LogP contribution is 2.27. The van der Waals surface area contributed by atoms with E-state index in [0.29, 0.717) is 13.1 Å². The molecule has 2 aliphatic rings. The Hall–Kier alpha value is -2.48. The summed E-state index contributed by atoms with van der Waals surface area (Å²) in [5.41, 5.74) is 0. The summed E-state index contributed by atoms with van der Waals surface area (Å²) in [7, 11) is 2.12. The van der Waals surface area contributed by atoms with Gasteiger partial charge in [0.2, 0.25) is 0 Å². The lowest BCUT2D eigenvalue weighted by molar-refractivity contribution is -0.134.